The number of carbonyl (C=O) groups is 1. The number of aromatic carboxylic acids is 1. The Morgan fingerprint density at radius 2 is 1.78 bits per heavy atom. The van der Waals surface area contributed by atoms with Crippen molar-refractivity contribution in [1.29, 1.82) is 0 Å². The van der Waals surface area contributed by atoms with Crippen LogP contribution in [0.4, 0.5) is 8.78 Å². The molecule has 0 spiro atoms. The maximum Gasteiger partial charge on any atom is 0.387 e. The van der Waals surface area contributed by atoms with Gasteiger partial charge in [0.1, 0.15) is 11.3 Å². The molecule has 0 unspecified atom stereocenters. The summed E-state index contributed by atoms with van der Waals surface area (Å²) in [6, 6.07) is 11.9. The molecule has 6 rings (SSSR count). The number of carboxylic acid groups (broad SMARTS) is 1. The predicted molar refractivity (Wildman–Crippen MR) is 145 cm³/mol. The van der Waals surface area contributed by atoms with Crippen LogP contribution in [0.2, 0.25) is 0 Å². The van der Waals surface area contributed by atoms with E-state index in [0.717, 1.165) is 11.8 Å². The molecule has 1 saturated carbocycles. The van der Waals surface area contributed by atoms with Crippen molar-refractivity contribution in [2.24, 2.45) is 0 Å². The molecule has 0 saturated heterocycles. The van der Waals surface area contributed by atoms with Gasteiger partial charge in [0, 0.05) is 36.5 Å². The second kappa shape index (κ2) is 9.67. The summed E-state index contributed by atoms with van der Waals surface area (Å²) < 4.78 is 61.7. The highest BCUT2D eigenvalue weighted by atomic mass is 32.2. The Hall–Kier alpha value is -4.29. The molecule has 212 valence electrons. The first-order valence-electron chi connectivity index (χ1n) is 12.8. The number of pyridine rings is 1. The molecule has 9 nitrogen and oxygen atoms in total. The molecule has 1 aliphatic carbocycles. The summed E-state index contributed by atoms with van der Waals surface area (Å²) in [7, 11) is -3.88. The van der Waals surface area contributed by atoms with Gasteiger partial charge in [-0.05, 0) is 67.3 Å². The summed E-state index contributed by atoms with van der Waals surface area (Å²) in [5, 5.41) is 20.4. The highest BCUT2D eigenvalue weighted by Gasteiger charge is 2.34. The molecule has 0 atom stereocenters. The number of halogens is 2. The minimum absolute atomic E-state index is 0.0314. The fraction of sp³-hybridized carbons (Fsp3) is 0.241. The Balaban J connectivity index is 1.49. The van der Waals surface area contributed by atoms with Crippen LogP contribution in [0.15, 0.2) is 64.4 Å². The lowest BCUT2D eigenvalue weighted by atomic mass is 9.97. The number of aromatic nitrogens is 1. The summed E-state index contributed by atoms with van der Waals surface area (Å²) >= 11 is 0. The Morgan fingerprint density at radius 3 is 2.41 bits per heavy atom. The number of carboxylic acids is 1. The normalized spacial score (nSPS) is 15.4. The van der Waals surface area contributed by atoms with E-state index in [1.807, 2.05) is 6.92 Å². The molecule has 4 aromatic rings. The molecule has 0 bridgehead atoms. The number of rotatable bonds is 7. The molecule has 1 aromatic heterocycles. The van der Waals surface area contributed by atoms with Gasteiger partial charge < -0.3 is 19.5 Å². The molecule has 3 aromatic carbocycles. The molecule has 1 aliphatic heterocycles. The van der Waals surface area contributed by atoms with Gasteiger partial charge in [-0.1, -0.05) is 17.7 Å². The van der Waals surface area contributed by atoms with E-state index in [4.69, 9.17) is 4.74 Å². The van der Waals surface area contributed by atoms with Gasteiger partial charge in [0.25, 0.3) is 0 Å². The Kier molecular flexibility index (Phi) is 6.34. The average Bonchev–Trinajstić information content (AvgIpc) is 3.66. The van der Waals surface area contributed by atoms with Crippen LogP contribution in [0.5, 0.6) is 11.5 Å². The highest BCUT2D eigenvalue weighted by molar-refractivity contribution is 7.89. The molecule has 1 fully saturated rings. The molecular formula is C29H24F2N2O7S. The standard InChI is InChI=1S/C29H24F2N2O7S/c1-15-2-6-19(7-3-15)41(38,39)32-12-17-10-16(11-24(34)22(17)13-32)20-8-9-21-25(27(20)40-29(30)31)33(18-4-5-18)14-23(26(21)35)28(36)37/h2-3,6-11,14,18,29,34H,4-5,12-13H2,1H3,(H,36,37). The van der Waals surface area contributed by atoms with Gasteiger partial charge in [-0.25, -0.2) is 13.2 Å². The zero-order valence-corrected chi connectivity index (χ0v) is 22.5. The summed E-state index contributed by atoms with van der Waals surface area (Å²) in [6.45, 7) is -1.55. The van der Waals surface area contributed by atoms with Crippen LogP contribution in [0.1, 0.15) is 45.9 Å². The number of hydrogen-bond acceptors (Lipinski definition) is 6. The van der Waals surface area contributed by atoms with E-state index in [0.29, 0.717) is 24.0 Å². The van der Waals surface area contributed by atoms with Crippen molar-refractivity contribution in [3.05, 3.63) is 87.2 Å². The molecule has 2 N–H and O–H groups in total. The molecule has 0 amide bonds. The van der Waals surface area contributed by atoms with Crippen molar-refractivity contribution in [2.45, 2.75) is 50.4 Å². The van der Waals surface area contributed by atoms with E-state index in [9.17, 15) is 37.0 Å². The number of alkyl halides is 2. The monoisotopic (exact) mass is 582 g/mol. The lowest BCUT2D eigenvalue weighted by Crippen LogP contribution is -2.25. The number of nitrogens with zero attached hydrogens (tertiary/aromatic N) is 2. The predicted octanol–water partition coefficient (Wildman–Crippen LogP) is 5.02. The van der Waals surface area contributed by atoms with Gasteiger partial charge in [-0.3, -0.25) is 4.79 Å². The number of phenols is 1. The van der Waals surface area contributed by atoms with E-state index < -0.39 is 33.6 Å². The van der Waals surface area contributed by atoms with Crippen LogP contribution in [-0.4, -0.2) is 40.1 Å². The van der Waals surface area contributed by atoms with E-state index in [-0.39, 0.29) is 57.6 Å². The van der Waals surface area contributed by atoms with Crippen molar-refractivity contribution < 1.29 is 36.9 Å². The quantitative estimate of drug-likeness (QED) is 0.313. The van der Waals surface area contributed by atoms with Crippen molar-refractivity contribution in [1.82, 2.24) is 8.87 Å². The fourth-order valence-electron chi connectivity index (χ4n) is 5.29. The number of aryl methyl sites for hydroxylation is 1. The SMILES string of the molecule is Cc1ccc(S(=O)(=O)N2Cc3cc(-c4ccc5c(=O)c(C(=O)O)cn(C6CC6)c5c4OC(F)F)cc(O)c3C2)cc1. The smallest absolute Gasteiger partial charge is 0.387 e. The van der Waals surface area contributed by atoms with Gasteiger partial charge in [0.15, 0.2) is 5.75 Å². The first-order chi connectivity index (χ1) is 19.5. The van der Waals surface area contributed by atoms with Gasteiger partial charge in [-0.2, -0.15) is 13.1 Å². The number of ether oxygens (including phenoxy) is 1. The number of sulfonamides is 1. The van der Waals surface area contributed by atoms with Crippen LogP contribution >= 0.6 is 0 Å². The van der Waals surface area contributed by atoms with Crippen LogP contribution in [-0.2, 0) is 23.1 Å². The average molecular weight is 583 g/mol. The Morgan fingerprint density at radius 1 is 1.07 bits per heavy atom. The molecular weight excluding hydrogens is 558 g/mol. The maximum absolute atomic E-state index is 13.7. The first kappa shape index (κ1) is 26.9. The molecule has 2 heterocycles. The molecule has 0 radical (unpaired) electrons. The molecule has 2 aliphatic rings. The van der Waals surface area contributed by atoms with E-state index in [1.165, 1.54) is 39.2 Å². The van der Waals surface area contributed by atoms with Crippen molar-refractivity contribution in [2.75, 3.05) is 0 Å². The first-order valence-corrected chi connectivity index (χ1v) is 14.2. The van der Waals surface area contributed by atoms with Crippen LogP contribution in [0.3, 0.4) is 0 Å². The Bertz CT molecular complexity index is 1900. The summed E-state index contributed by atoms with van der Waals surface area (Å²) in [5.74, 6) is -1.98. The van der Waals surface area contributed by atoms with E-state index in [2.05, 4.69) is 0 Å². The van der Waals surface area contributed by atoms with Crippen molar-refractivity contribution >= 4 is 26.9 Å². The van der Waals surface area contributed by atoms with E-state index in [1.54, 1.807) is 18.2 Å². The summed E-state index contributed by atoms with van der Waals surface area (Å²) in [5.41, 5.74) is 0.901. The number of aromatic hydroxyl groups is 1. The van der Waals surface area contributed by atoms with Gasteiger partial charge in [0.05, 0.1) is 15.8 Å². The van der Waals surface area contributed by atoms with Crippen molar-refractivity contribution in [3.8, 4) is 22.6 Å². The second-order valence-corrected chi connectivity index (χ2v) is 12.2. The third-order valence-corrected chi connectivity index (χ3v) is 9.30. The minimum atomic E-state index is -3.88. The van der Waals surface area contributed by atoms with Gasteiger partial charge in [0.2, 0.25) is 15.5 Å². The zero-order chi connectivity index (χ0) is 29.2. The fourth-order valence-corrected chi connectivity index (χ4v) is 6.68. The second-order valence-electron chi connectivity index (χ2n) is 10.3. The Labute approximate surface area is 232 Å². The maximum atomic E-state index is 13.7. The zero-order valence-electron chi connectivity index (χ0n) is 21.7. The third-order valence-electron chi connectivity index (χ3n) is 7.49. The lowest BCUT2D eigenvalue weighted by molar-refractivity contribution is -0.0486. The summed E-state index contributed by atoms with van der Waals surface area (Å²) in [6.07, 6.45) is 2.49. The molecule has 41 heavy (non-hydrogen) atoms. The van der Waals surface area contributed by atoms with Gasteiger partial charge >= 0.3 is 12.6 Å². The highest BCUT2D eigenvalue weighted by Crippen LogP contribution is 2.45. The topological polar surface area (TPSA) is 126 Å². The largest absolute Gasteiger partial charge is 0.508 e. The van der Waals surface area contributed by atoms with Crippen LogP contribution < -0.4 is 10.2 Å². The number of benzene rings is 3. The number of phenolic OH excluding ortho intramolecular Hbond substituents is 1. The third kappa shape index (κ3) is 4.62. The number of fused-ring (bicyclic) bond motifs is 2. The number of hydrogen-bond donors (Lipinski definition) is 2. The summed E-state index contributed by atoms with van der Waals surface area (Å²) in [4.78, 5) is 24.8. The lowest BCUT2D eigenvalue weighted by Gasteiger charge is -2.19. The minimum Gasteiger partial charge on any atom is -0.508 e. The van der Waals surface area contributed by atoms with Crippen molar-refractivity contribution in [3.63, 3.8) is 0 Å². The van der Waals surface area contributed by atoms with Crippen LogP contribution in [0.25, 0.3) is 22.0 Å². The van der Waals surface area contributed by atoms with Gasteiger partial charge in [-0.15, -0.1) is 0 Å². The van der Waals surface area contributed by atoms with Crippen LogP contribution in [0, 0.1) is 6.92 Å². The molecule has 12 heteroatoms. The van der Waals surface area contributed by atoms with E-state index >= 15 is 0 Å².